The first kappa shape index (κ1) is 24.2. The largest absolute Gasteiger partial charge is 0.416 e. The molecule has 0 aliphatic carbocycles. The van der Waals surface area contributed by atoms with Crippen molar-refractivity contribution >= 4 is 18.3 Å². The first-order valence-corrected chi connectivity index (χ1v) is 9.61. The van der Waals surface area contributed by atoms with E-state index in [2.05, 4.69) is 4.90 Å². The Hall–Kier alpha value is -2.09. The smallest absolute Gasteiger partial charge is 0.392 e. The van der Waals surface area contributed by atoms with Crippen molar-refractivity contribution < 1.29 is 23.1 Å². The molecule has 1 heterocycles. The highest BCUT2D eigenvalue weighted by molar-refractivity contribution is 5.85. The second-order valence-electron chi connectivity index (χ2n) is 7.50. The molecule has 164 valence electrons. The molecule has 8 heteroatoms. The molecule has 1 amide bonds. The van der Waals surface area contributed by atoms with Gasteiger partial charge < -0.3 is 10.0 Å². The van der Waals surface area contributed by atoms with Crippen LogP contribution in [0.4, 0.5) is 13.2 Å². The average molecular weight is 443 g/mol. The molecule has 4 nitrogen and oxygen atoms in total. The number of carbonyl (C=O) groups excluding carboxylic acids is 1. The van der Waals surface area contributed by atoms with Gasteiger partial charge in [-0.2, -0.15) is 13.2 Å². The maximum Gasteiger partial charge on any atom is 0.416 e. The molecule has 2 aromatic rings. The standard InChI is InChI=1S/C22H25F3N2O2.ClH/c1-26(21(29)13-16-7-9-18(10-8-16)22(23,24)25)20(17-5-3-2-4-6-17)15-27-12-11-19(28)14-27;/h2-10,19-20,28H,11-15H2,1H3;1H. The van der Waals surface area contributed by atoms with Crippen molar-refractivity contribution in [3.63, 3.8) is 0 Å². The zero-order valence-corrected chi connectivity index (χ0v) is 17.5. The Kier molecular flexibility index (Phi) is 8.29. The van der Waals surface area contributed by atoms with Crippen molar-refractivity contribution in [2.75, 3.05) is 26.7 Å². The van der Waals surface area contributed by atoms with Gasteiger partial charge in [0, 0.05) is 26.7 Å². The number of hydrogen-bond acceptors (Lipinski definition) is 3. The molecule has 0 bridgehead atoms. The minimum absolute atomic E-state index is 0. The van der Waals surface area contributed by atoms with Crippen LogP contribution in [-0.4, -0.2) is 53.6 Å². The minimum atomic E-state index is -4.39. The number of rotatable bonds is 6. The lowest BCUT2D eigenvalue weighted by Crippen LogP contribution is -2.39. The summed E-state index contributed by atoms with van der Waals surface area (Å²) >= 11 is 0. The van der Waals surface area contributed by atoms with Crippen LogP contribution in [0.5, 0.6) is 0 Å². The number of likely N-dealkylation sites (tertiary alicyclic amines) is 1. The van der Waals surface area contributed by atoms with E-state index in [0.717, 1.165) is 24.2 Å². The van der Waals surface area contributed by atoms with Gasteiger partial charge in [-0.1, -0.05) is 42.5 Å². The van der Waals surface area contributed by atoms with E-state index in [9.17, 15) is 23.1 Å². The van der Waals surface area contributed by atoms with Crippen LogP contribution >= 0.6 is 12.4 Å². The van der Waals surface area contributed by atoms with Gasteiger partial charge in [0.1, 0.15) is 0 Å². The number of nitrogens with zero attached hydrogens (tertiary/aromatic N) is 2. The molecule has 1 aliphatic rings. The van der Waals surface area contributed by atoms with Gasteiger partial charge in [-0.3, -0.25) is 9.69 Å². The van der Waals surface area contributed by atoms with Gasteiger partial charge in [0.15, 0.2) is 0 Å². The molecule has 1 aliphatic heterocycles. The highest BCUT2D eigenvalue weighted by Gasteiger charge is 2.31. The molecule has 0 radical (unpaired) electrons. The molecular weight excluding hydrogens is 417 g/mol. The van der Waals surface area contributed by atoms with Gasteiger partial charge in [0.2, 0.25) is 5.91 Å². The Bertz CT molecular complexity index is 815. The molecule has 0 saturated carbocycles. The summed E-state index contributed by atoms with van der Waals surface area (Å²) in [5.41, 5.74) is 0.798. The molecule has 1 N–H and O–H groups in total. The van der Waals surface area contributed by atoms with E-state index < -0.39 is 11.7 Å². The van der Waals surface area contributed by atoms with Crippen LogP contribution in [0.15, 0.2) is 54.6 Å². The number of benzene rings is 2. The molecule has 2 aromatic carbocycles. The predicted octanol–water partition coefficient (Wildman–Crippen LogP) is 3.94. The molecule has 3 rings (SSSR count). The molecule has 2 unspecified atom stereocenters. The van der Waals surface area contributed by atoms with Gasteiger partial charge in [0.25, 0.3) is 0 Å². The van der Waals surface area contributed by atoms with Crippen LogP contribution in [0.2, 0.25) is 0 Å². The van der Waals surface area contributed by atoms with E-state index in [0.29, 0.717) is 25.1 Å². The summed E-state index contributed by atoms with van der Waals surface area (Å²) in [5, 5.41) is 9.80. The van der Waals surface area contributed by atoms with Crippen LogP contribution in [0.25, 0.3) is 0 Å². The normalized spacial score (nSPS) is 18.0. The number of aliphatic hydroxyl groups is 1. The van der Waals surface area contributed by atoms with Gasteiger partial charge in [-0.05, 0) is 29.7 Å². The molecule has 30 heavy (non-hydrogen) atoms. The van der Waals surface area contributed by atoms with Gasteiger partial charge in [-0.25, -0.2) is 0 Å². The molecule has 2 atom stereocenters. The number of hydrogen-bond donors (Lipinski definition) is 1. The Morgan fingerprint density at radius 1 is 1.17 bits per heavy atom. The van der Waals surface area contributed by atoms with Crippen molar-refractivity contribution in [3.8, 4) is 0 Å². The summed E-state index contributed by atoms with van der Waals surface area (Å²) in [4.78, 5) is 16.7. The third-order valence-corrected chi connectivity index (χ3v) is 5.36. The number of likely N-dealkylation sites (N-methyl/N-ethyl adjacent to an activating group) is 1. The number of aliphatic hydroxyl groups excluding tert-OH is 1. The van der Waals surface area contributed by atoms with E-state index in [1.165, 1.54) is 12.1 Å². The first-order chi connectivity index (χ1) is 13.7. The summed E-state index contributed by atoms with van der Waals surface area (Å²) < 4.78 is 38.2. The van der Waals surface area contributed by atoms with Crippen molar-refractivity contribution in [1.82, 2.24) is 9.80 Å². The Labute approximate surface area is 180 Å². The van der Waals surface area contributed by atoms with Gasteiger partial charge in [-0.15, -0.1) is 12.4 Å². The maximum atomic E-state index is 12.9. The summed E-state index contributed by atoms with van der Waals surface area (Å²) in [5.74, 6) is -0.168. The van der Waals surface area contributed by atoms with Crippen LogP contribution in [0.3, 0.4) is 0 Å². The van der Waals surface area contributed by atoms with Crippen molar-refractivity contribution in [2.45, 2.75) is 31.2 Å². The fourth-order valence-electron chi connectivity index (χ4n) is 3.63. The third kappa shape index (κ3) is 6.20. The molecule has 0 aromatic heterocycles. The second kappa shape index (κ2) is 10.3. The topological polar surface area (TPSA) is 43.8 Å². The summed E-state index contributed by atoms with van der Waals surface area (Å²) in [6.45, 7) is 1.94. The molecule has 0 spiro atoms. The van der Waals surface area contributed by atoms with Crippen LogP contribution in [0.1, 0.15) is 29.2 Å². The van der Waals surface area contributed by atoms with Crippen LogP contribution in [0, 0.1) is 0 Å². The predicted molar refractivity (Wildman–Crippen MR) is 111 cm³/mol. The van der Waals surface area contributed by atoms with E-state index in [4.69, 9.17) is 0 Å². The molecular formula is C22H26ClF3N2O2. The highest BCUT2D eigenvalue weighted by Crippen LogP contribution is 2.29. The van der Waals surface area contributed by atoms with Crippen LogP contribution in [-0.2, 0) is 17.4 Å². The molecule has 1 saturated heterocycles. The lowest BCUT2D eigenvalue weighted by atomic mass is 10.0. The number of halogens is 4. The molecule has 1 fully saturated rings. The lowest BCUT2D eigenvalue weighted by Gasteiger charge is -2.32. The second-order valence-corrected chi connectivity index (χ2v) is 7.50. The summed E-state index contributed by atoms with van der Waals surface area (Å²) in [7, 11) is 1.72. The number of amides is 1. The number of carbonyl (C=O) groups is 1. The summed E-state index contributed by atoms with van der Waals surface area (Å²) in [6.07, 6.45) is -4.00. The van der Waals surface area contributed by atoms with Crippen molar-refractivity contribution in [2.24, 2.45) is 0 Å². The fraction of sp³-hybridized carbons (Fsp3) is 0.409. The first-order valence-electron chi connectivity index (χ1n) is 9.61. The zero-order chi connectivity index (χ0) is 21.0. The monoisotopic (exact) mass is 442 g/mol. The quantitative estimate of drug-likeness (QED) is 0.737. The minimum Gasteiger partial charge on any atom is -0.392 e. The number of alkyl halides is 3. The van der Waals surface area contributed by atoms with Crippen molar-refractivity contribution in [1.29, 1.82) is 0 Å². The Morgan fingerprint density at radius 2 is 1.80 bits per heavy atom. The van der Waals surface area contributed by atoms with Crippen molar-refractivity contribution in [3.05, 3.63) is 71.3 Å². The fourth-order valence-corrected chi connectivity index (χ4v) is 3.63. The highest BCUT2D eigenvalue weighted by atomic mass is 35.5. The SMILES string of the molecule is CN(C(=O)Cc1ccc(C(F)(F)F)cc1)C(CN1CCC(O)C1)c1ccccc1.Cl. The third-order valence-electron chi connectivity index (χ3n) is 5.36. The maximum absolute atomic E-state index is 12.9. The average Bonchev–Trinajstić information content (AvgIpc) is 3.11. The van der Waals surface area contributed by atoms with Gasteiger partial charge in [0.05, 0.1) is 24.1 Å². The number of β-amino-alcohol motifs (C(OH)–C–C–N with tert-alkyl or cyclic N) is 1. The Morgan fingerprint density at radius 3 is 2.33 bits per heavy atom. The van der Waals surface area contributed by atoms with Gasteiger partial charge >= 0.3 is 6.18 Å². The summed E-state index contributed by atoms with van der Waals surface area (Å²) in [6, 6.07) is 14.1. The van der Waals surface area contributed by atoms with E-state index >= 15 is 0 Å². The zero-order valence-electron chi connectivity index (χ0n) is 16.7. The van der Waals surface area contributed by atoms with E-state index in [1.54, 1.807) is 11.9 Å². The lowest BCUT2D eigenvalue weighted by molar-refractivity contribution is -0.137. The Balaban J connectivity index is 0.00000320. The van der Waals surface area contributed by atoms with E-state index in [1.807, 2.05) is 30.3 Å². The van der Waals surface area contributed by atoms with Crippen LogP contribution < -0.4 is 0 Å². The van der Waals surface area contributed by atoms with E-state index in [-0.39, 0.29) is 36.9 Å².